The van der Waals surface area contributed by atoms with E-state index in [0.717, 1.165) is 12.0 Å². The Bertz CT molecular complexity index is 169. The van der Waals surface area contributed by atoms with Crippen molar-refractivity contribution in [3.05, 3.63) is 0 Å². The number of nitrogens with one attached hydrogen (secondary N) is 1. The minimum Gasteiger partial charge on any atom is -0.314 e. The van der Waals surface area contributed by atoms with Crippen LogP contribution in [0.5, 0.6) is 0 Å². The molecule has 0 amide bonds. The first kappa shape index (κ1) is 13.0. The molecule has 90 valence electrons. The Hall–Kier alpha value is -0.0400. The number of hydrogen-bond acceptors (Lipinski definition) is 1. The molecule has 1 N–H and O–H groups in total. The second kappa shape index (κ2) is 5.89. The highest BCUT2D eigenvalue weighted by Crippen LogP contribution is 2.36. The third-order valence-corrected chi connectivity index (χ3v) is 3.88. The third-order valence-electron chi connectivity index (χ3n) is 3.88. The van der Waals surface area contributed by atoms with E-state index in [1.165, 1.54) is 45.1 Å². The molecule has 2 unspecified atom stereocenters. The predicted octanol–water partition coefficient (Wildman–Crippen LogP) is 3.98. The summed E-state index contributed by atoms with van der Waals surface area (Å²) in [6.07, 6.45) is 8.33. The van der Waals surface area contributed by atoms with Gasteiger partial charge >= 0.3 is 0 Å². The molecule has 0 radical (unpaired) electrons. The van der Waals surface area contributed by atoms with Crippen LogP contribution in [0.4, 0.5) is 0 Å². The van der Waals surface area contributed by atoms with E-state index in [9.17, 15) is 0 Å². The fourth-order valence-electron chi connectivity index (χ4n) is 2.72. The zero-order valence-corrected chi connectivity index (χ0v) is 11.1. The van der Waals surface area contributed by atoms with Crippen molar-refractivity contribution in [3.63, 3.8) is 0 Å². The molecule has 0 aromatic heterocycles. The van der Waals surface area contributed by atoms with Gasteiger partial charge in [0.15, 0.2) is 0 Å². The maximum Gasteiger partial charge on any atom is 0.00671 e. The van der Waals surface area contributed by atoms with E-state index in [1.54, 1.807) is 0 Å². The Balaban J connectivity index is 2.35. The Morgan fingerprint density at radius 3 is 2.40 bits per heavy atom. The zero-order chi connectivity index (χ0) is 11.3. The van der Waals surface area contributed by atoms with E-state index in [0.29, 0.717) is 5.41 Å². The van der Waals surface area contributed by atoms with Gasteiger partial charge in [-0.15, -0.1) is 0 Å². The molecule has 15 heavy (non-hydrogen) atoms. The first-order chi connectivity index (χ1) is 7.04. The summed E-state index contributed by atoms with van der Waals surface area (Å²) >= 11 is 0. The predicted molar refractivity (Wildman–Crippen MR) is 68.1 cm³/mol. The quantitative estimate of drug-likeness (QED) is 0.696. The molecule has 0 spiro atoms. The molecule has 0 saturated heterocycles. The van der Waals surface area contributed by atoms with E-state index in [4.69, 9.17) is 0 Å². The zero-order valence-electron chi connectivity index (χ0n) is 11.1. The Morgan fingerprint density at radius 1 is 1.07 bits per heavy atom. The van der Waals surface area contributed by atoms with Crippen LogP contribution < -0.4 is 5.32 Å². The highest BCUT2D eigenvalue weighted by Gasteiger charge is 2.27. The molecule has 1 aliphatic carbocycles. The fourth-order valence-corrected chi connectivity index (χ4v) is 2.72. The van der Waals surface area contributed by atoms with Gasteiger partial charge in [-0.25, -0.2) is 0 Å². The van der Waals surface area contributed by atoms with Crippen molar-refractivity contribution in [2.24, 2.45) is 11.3 Å². The molecule has 1 rings (SSSR count). The van der Waals surface area contributed by atoms with E-state index in [1.807, 2.05) is 0 Å². The van der Waals surface area contributed by atoms with Gasteiger partial charge in [-0.1, -0.05) is 34.1 Å². The Labute approximate surface area is 96.0 Å². The summed E-state index contributed by atoms with van der Waals surface area (Å²) in [5, 5.41) is 3.68. The van der Waals surface area contributed by atoms with Crippen LogP contribution in [0.15, 0.2) is 0 Å². The summed E-state index contributed by atoms with van der Waals surface area (Å²) in [6.45, 7) is 10.7. The largest absolute Gasteiger partial charge is 0.314 e. The highest BCUT2D eigenvalue weighted by atomic mass is 14.9. The summed E-state index contributed by atoms with van der Waals surface area (Å²) in [7, 11) is 0. The fraction of sp³-hybridized carbons (Fsp3) is 1.00. The summed E-state index contributed by atoms with van der Waals surface area (Å²) < 4.78 is 0. The molecule has 1 aliphatic rings. The van der Waals surface area contributed by atoms with E-state index < -0.39 is 0 Å². The molecule has 2 atom stereocenters. The van der Waals surface area contributed by atoms with Crippen molar-refractivity contribution in [1.82, 2.24) is 5.32 Å². The van der Waals surface area contributed by atoms with Gasteiger partial charge in [-0.2, -0.15) is 0 Å². The highest BCUT2D eigenvalue weighted by molar-refractivity contribution is 4.80. The smallest absolute Gasteiger partial charge is 0.00671 e. The van der Waals surface area contributed by atoms with Gasteiger partial charge < -0.3 is 5.32 Å². The van der Waals surface area contributed by atoms with Crippen LogP contribution in [0.2, 0.25) is 0 Å². The normalized spacial score (nSPS) is 28.8. The van der Waals surface area contributed by atoms with Crippen molar-refractivity contribution in [2.75, 3.05) is 6.54 Å². The minimum absolute atomic E-state index is 0.514. The Kier molecular flexibility index (Phi) is 5.11. The minimum atomic E-state index is 0.514. The van der Waals surface area contributed by atoms with Crippen molar-refractivity contribution >= 4 is 0 Å². The lowest BCUT2D eigenvalue weighted by Crippen LogP contribution is -2.29. The molecule has 1 heteroatoms. The van der Waals surface area contributed by atoms with E-state index in [-0.39, 0.29) is 0 Å². The maximum absolute atomic E-state index is 3.68. The summed E-state index contributed by atoms with van der Waals surface area (Å²) in [4.78, 5) is 0. The van der Waals surface area contributed by atoms with Crippen LogP contribution in [0.3, 0.4) is 0 Å². The van der Waals surface area contributed by atoms with Crippen LogP contribution in [0.25, 0.3) is 0 Å². The van der Waals surface area contributed by atoms with Crippen LogP contribution in [0, 0.1) is 11.3 Å². The molecule has 0 aromatic carbocycles. The molecular formula is C14H29N. The molecule has 0 heterocycles. The lowest BCUT2D eigenvalue weighted by molar-refractivity contribution is 0.213. The van der Waals surface area contributed by atoms with Crippen LogP contribution in [0.1, 0.15) is 66.2 Å². The Morgan fingerprint density at radius 2 is 1.80 bits per heavy atom. The molecular weight excluding hydrogens is 182 g/mol. The first-order valence-corrected chi connectivity index (χ1v) is 6.77. The average molecular weight is 211 g/mol. The van der Waals surface area contributed by atoms with Gasteiger partial charge in [0.1, 0.15) is 0 Å². The molecule has 1 fully saturated rings. The van der Waals surface area contributed by atoms with E-state index >= 15 is 0 Å². The van der Waals surface area contributed by atoms with Crippen molar-refractivity contribution in [2.45, 2.75) is 72.3 Å². The SMILES string of the molecule is CCCNC1CCCC(C(C)(C)C)CC1. The standard InChI is InChI=1S/C14H29N/c1-5-11-15-13-8-6-7-12(9-10-13)14(2,3)4/h12-13,15H,5-11H2,1-4H3. The van der Waals surface area contributed by atoms with E-state index in [2.05, 4.69) is 33.0 Å². The maximum atomic E-state index is 3.68. The summed E-state index contributed by atoms with van der Waals surface area (Å²) in [5.74, 6) is 0.936. The number of hydrogen-bond donors (Lipinski definition) is 1. The lowest BCUT2D eigenvalue weighted by Gasteiger charge is -2.29. The second-order valence-electron chi connectivity index (χ2n) is 6.22. The third kappa shape index (κ3) is 4.55. The molecule has 0 aliphatic heterocycles. The van der Waals surface area contributed by atoms with Crippen molar-refractivity contribution in [3.8, 4) is 0 Å². The molecule has 0 aromatic rings. The first-order valence-electron chi connectivity index (χ1n) is 6.77. The summed E-state index contributed by atoms with van der Waals surface area (Å²) in [5.41, 5.74) is 0.514. The van der Waals surface area contributed by atoms with Gasteiger partial charge in [0.2, 0.25) is 0 Å². The van der Waals surface area contributed by atoms with Gasteiger partial charge in [0, 0.05) is 6.04 Å². The van der Waals surface area contributed by atoms with Crippen LogP contribution in [-0.4, -0.2) is 12.6 Å². The second-order valence-corrected chi connectivity index (χ2v) is 6.22. The van der Waals surface area contributed by atoms with Crippen LogP contribution >= 0.6 is 0 Å². The van der Waals surface area contributed by atoms with Gasteiger partial charge in [-0.3, -0.25) is 0 Å². The summed E-state index contributed by atoms with van der Waals surface area (Å²) in [6, 6.07) is 0.803. The van der Waals surface area contributed by atoms with Crippen molar-refractivity contribution < 1.29 is 0 Å². The molecule has 1 saturated carbocycles. The van der Waals surface area contributed by atoms with Gasteiger partial charge in [0.05, 0.1) is 0 Å². The monoisotopic (exact) mass is 211 g/mol. The average Bonchev–Trinajstić information content (AvgIpc) is 2.38. The lowest BCUT2D eigenvalue weighted by atomic mass is 9.76. The topological polar surface area (TPSA) is 12.0 Å². The molecule has 1 nitrogen and oxygen atoms in total. The number of rotatable bonds is 3. The van der Waals surface area contributed by atoms with Crippen molar-refractivity contribution in [1.29, 1.82) is 0 Å². The molecule has 0 bridgehead atoms. The van der Waals surface area contributed by atoms with Gasteiger partial charge in [0.25, 0.3) is 0 Å². The van der Waals surface area contributed by atoms with Gasteiger partial charge in [-0.05, 0) is 50.0 Å². The van der Waals surface area contributed by atoms with Crippen LogP contribution in [-0.2, 0) is 0 Å².